The summed E-state index contributed by atoms with van der Waals surface area (Å²) in [4.78, 5) is 26.4. The molecule has 1 aliphatic heterocycles. The molecule has 0 radical (unpaired) electrons. The number of rotatable bonds is 7. The van der Waals surface area contributed by atoms with Gasteiger partial charge in [0, 0.05) is 0 Å². The van der Waals surface area contributed by atoms with Crippen LogP contribution in [0.4, 0.5) is 9.18 Å². The average molecular weight is 480 g/mol. The van der Waals surface area contributed by atoms with E-state index in [9.17, 15) is 29.1 Å². The van der Waals surface area contributed by atoms with Gasteiger partial charge in [-0.15, -0.1) is 5.46 Å². The van der Waals surface area contributed by atoms with Gasteiger partial charge in [-0.3, -0.25) is 14.5 Å². The highest BCUT2D eigenvalue weighted by Gasteiger charge is 2.34. The number of amides is 2. The molecule has 0 spiro atoms. The Labute approximate surface area is 199 Å². The van der Waals surface area contributed by atoms with E-state index >= 15 is 0 Å². The van der Waals surface area contributed by atoms with Gasteiger partial charge in [0.05, 0.1) is 11.4 Å². The van der Waals surface area contributed by atoms with Crippen molar-refractivity contribution in [1.82, 2.24) is 4.90 Å². The molecule has 0 aliphatic carbocycles. The second-order valence-corrected chi connectivity index (χ2v) is 8.72. The molecule has 3 aromatic rings. The van der Waals surface area contributed by atoms with Gasteiger partial charge in [0.15, 0.2) is 0 Å². The number of ether oxygens (including phenoxy) is 1. The zero-order valence-electron chi connectivity index (χ0n) is 17.8. The summed E-state index contributed by atoms with van der Waals surface area (Å²) in [6, 6.07) is 18.7. The molecular formula is C24H20BFNO6S-. The standard InChI is InChI=1S/C24H20BFNO6S/c26-20-9-3-17(4-10-20)14-27-23(28)22(34-24(27)29)13-16-5-11-21(12-6-16)33-15-18-1-7-19(8-2-18)25(30,31)32/h1-13,30-32H,14-15H2/q-1/b22-13-. The first kappa shape index (κ1) is 23.7. The van der Waals surface area contributed by atoms with Gasteiger partial charge in [0.25, 0.3) is 11.1 Å². The maximum Gasteiger partial charge on any atom is 0.402 e. The molecule has 0 bridgehead atoms. The van der Waals surface area contributed by atoms with Crippen LogP contribution in [0.2, 0.25) is 0 Å². The lowest BCUT2D eigenvalue weighted by Gasteiger charge is -2.21. The molecule has 1 aliphatic rings. The van der Waals surface area contributed by atoms with E-state index in [1.807, 2.05) is 0 Å². The highest BCUT2D eigenvalue weighted by Crippen LogP contribution is 2.33. The zero-order chi connectivity index (χ0) is 24.3. The van der Waals surface area contributed by atoms with Crippen molar-refractivity contribution < 1.29 is 33.8 Å². The van der Waals surface area contributed by atoms with Crippen LogP contribution >= 0.6 is 11.8 Å². The Hall–Kier alpha value is -3.44. The van der Waals surface area contributed by atoms with Crippen molar-refractivity contribution in [3.05, 3.63) is 100 Å². The Bertz CT molecular complexity index is 1220. The van der Waals surface area contributed by atoms with E-state index in [1.54, 1.807) is 42.5 Å². The fourth-order valence-electron chi connectivity index (χ4n) is 3.26. The SMILES string of the molecule is O=C1S/C(=C\c2ccc(OCc3ccc([B-](O)(O)O)cc3)cc2)C(=O)N1Cc1ccc(F)cc1. The van der Waals surface area contributed by atoms with Crippen LogP contribution in [0.3, 0.4) is 0 Å². The number of hydrogen-bond acceptors (Lipinski definition) is 7. The predicted molar refractivity (Wildman–Crippen MR) is 127 cm³/mol. The third-order valence-electron chi connectivity index (χ3n) is 5.14. The largest absolute Gasteiger partial charge is 0.556 e. The van der Waals surface area contributed by atoms with Crippen LogP contribution in [0.15, 0.2) is 77.7 Å². The molecule has 3 N–H and O–H groups in total. The summed E-state index contributed by atoms with van der Waals surface area (Å²) in [5.74, 6) is -0.206. The minimum absolute atomic E-state index is 0.00943. The van der Waals surface area contributed by atoms with Crippen molar-refractivity contribution in [1.29, 1.82) is 0 Å². The third kappa shape index (κ3) is 5.73. The Morgan fingerprint density at radius 3 is 2.12 bits per heavy atom. The maximum absolute atomic E-state index is 13.1. The van der Waals surface area contributed by atoms with Crippen molar-refractivity contribution in [2.75, 3.05) is 0 Å². The predicted octanol–water partition coefficient (Wildman–Crippen LogP) is 2.76. The van der Waals surface area contributed by atoms with Gasteiger partial charge < -0.3 is 19.8 Å². The second kappa shape index (κ2) is 9.82. The normalized spacial score (nSPS) is 15.3. The lowest BCUT2D eigenvalue weighted by atomic mass is 9.71. The maximum atomic E-state index is 13.1. The minimum Gasteiger partial charge on any atom is -0.556 e. The molecule has 1 fully saturated rings. The number of thioether (sulfide) groups is 1. The fourth-order valence-corrected chi connectivity index (χ4v) is 4.10. The van der Waals surface area contributed by atoms with Gasteiger partial charge in [0.2, 0.25) is 0 Å². The fraction of sp³-hybridized carbons (Fsp3) is 0.0833. The van der Waals surface area contributed by atoms with E-state index in [2.05, 4.69) is 0 Å². The van der Waals surface area contributed by atoms with Crippen LogP contribution in [-0.4, -0.2) is 37.9 Å². The number of carbonyl (C=O) groups is 2. The molecule has 34 heavy (non-hydrogen) atoms. The minimum atomic E-state index is -3.53. The third-order valence-corrected chi connectivity index (χ3v) is 6.05. The summed E-state index contributed by atoms with van der Waals surface area (Å²) in [6.45, 7) is -3.22. The molecule has 1 saturated heterocycles. The quantitative estimate of drug-likeness (QED) is 0.353. The van der Waals surface area contributed by atoms with Crippen molar-refractivity contribution in [3.8, 4) is 5.75 Å². The number of imide groups is 1. The van der Waals surface area contributed by atoms with Gasteiger partial charge in [-0.25, -0.2) is 4.39 Å². The van der Waals surface area contributed by atoms with E-state index in [-0.39, 0.29) is 29.7 Å². The van der Waals surface area contributed by atoms with E-state index < -0.39 is 12.7 Å². The lowest BCUT2D eigenvalue weighted by Crippen LogP contribution is -2.48. The van der Waals surface area contributed by atoms with Crippen molar-refractivity contribution in [2.24, 2.45) is 0 Å². The number of hydrogen-bond donors (Lipinski definition) is 3. The topological polar surface area (TPSA) is 107 Å². The van der Waals surface area contributed by atoms with Crippen LogP contribution in [0.5, 0.6) is 5.75 Å². The van der Waals surface area contributed by atoms with Gasteiger partial charge in [-0.2, -0.15) is 0 Å². The van der Waals surface area contributed by atoms with E-state index in [4.69, 9.17) is 4.74 Å². The number of halogens is 1. The van der Waals surface area contributed by atoms with Gasteiger partial charge in [-0.1, -0.05) is 48.5 Å². The van der Waals surface area contributed by atoms with Crippen molar-refractivity contribution >= 4 is 41.2 Å². The first-order valence-electron chi connectivity index (χ1n) is 10.3. The highest BCUT2D eigenvalue weighted by molar-refractivity contribution is 8.18. The Morgan fingerprint density at radius 1 is 0.882 bits per heavy atom. The van der Waals surface area contributed by atoms with Crippen molar-refractivity contribution in [2.45, 2.75) is 13.2 Å². The van der Waals surface area contributed by atoms with Crippen LogP contribution < -0.4 is 10.2 Å². The molecule has 2 amide bonds. The summed E-state index contributed by atoms with van der Waals surface area (Å²) >= 11 is 0.855. The molecule has 0 atom stereocenters. The molecule has 0 unspecified atom stereocenters. The monoisotopic (exact) mass is 480 g/mol. The van der Waals surface area contributed by atoms with Gasteiger partial charge >= 0.3 is 6.75 Å². The first-order chi connectivity index (χ1) is 16.2. The van der Waals surface area contributed by atoms with Crippen LogP contribution in [0, 0.1) is 5.82 Å². The Kier molecular flexibility index (Phi) is 6.85. The average Bonchev–Trinajstić information content (AvgIpc) is 3.07. The van der Waals surface area contributed by atoms with Crippen molar-refractivity contribution in [3.63, 3.8) is 0 Å². The molecule has 0 saturated carbocycles. The molecule has 7 nitrogen and oxygen atoms in total. The molecule has 174 valence electrons. The molecule has 0 aromatic heterocycles. The summed E-state index contributed by atoms with van der Waals surface area (Å²) in [5.41, 5.74) is 2.15. The Morgan fingerprint density at radius 2 is 1.50 bits per heavy atom. The van der Waals surface area contributed by atoms with Crippen LogP contribution in [0.1, 0.15) is 16.7 Å². The molecular weight excluding hydrogens is 460 g/mol. The molecule has 4 rings (SSSR count). The van der Waals surface area contributed by atoms with Gasteiger partial charge in [0.1, 0.15) is 18.2 Å². The molecule has 3 aromatic carbocycles. The van der Waals surface area contributed by atoms with E-state index in [0.717, 1.165) is 27.8 Å². The summed E-state index contributed by atoms with van der Waals surface area (Å²) in [7, 11) is 0. The summed E-state index contributed by atoms with van der Waals surface area (Å²) < 4.78 is 18.8. The summed E-state index contributed by atoms with van der Waals surface area (Å²) in [5, 5.41) is 27.3. The first-order valence-corrected chi connectivity index (χ1v) is 11.1. The van der Waals surface area contributed by atoms with Crippen LogP contribution in [-0.2, 0) is 17.9 Å². The number of benzene rings is 3. The second-order valence-electron chi connectivity index (χ2n) is 7.73. The molecule has 1 heterocycles. The number of carbonyl (C=O) groups excluding carboxylic acids is 2. The van der Waals surface area contributed by atoms with Gasteiger partial charge in [-0.05, 0) is 58.8 Å². The van der Waals surface area contributed by atoms with E-state index in [1.165, 1.54) is 36.4 Å². The zero-order valence-corrected chi connectivity index (χ0v) is 18.6. The van der Waals surface area contributed by atoms with Crippen LogP contribution in [0.25, 0.3) is 6.08 Å². The smallest absolute Gasteiger partial charge is 0.402 e. The lowest BCUT2D eigenvalue weighted by molar-refractivity contribution is -0.123. The summed E-state index contributed by atoms with van der Waals surface area (Å²) in [6.07, 6.45) is 1.63. The van der Waals surface area contributed by atoms with E-state index in [0.29, 0.717) is 16.2 Å². The molecule has 10 heteroatoms. The Balaban J connectivity index is 1.37. The highest BCUT2D eigenvalue weighted by atomic mass is 32.2. The number of nitrogens with zero attached hydrogens (tertiary/aromatic N) is 1.